The molecule has 106 valence electrons. The van der Waals surface area contributed by atoms with Gasteiger partial charge in [0.1, 0.15) is 4.88 Å². The third-order valence-electron chi connectivity index (χ3n) is 2.83. The molecule has 0 aliphatic rings. The Balaban J connectivity index is 2.23. The van der Waals surface area contributed by atoms with Crippen LogP contribution >= 0.6 is 22.9 Å². The van der Waals surface area contributed by atoms with Crippen LogP contribution in [0.5, 0.6) is 0 Å². The normalized spacial score (nSPS) is 10.6. The van der Waals surface area contributed by atoms with Gasteiger partial charge in [0.15, 0.2) is 0 Å². The van der Waals surface area contributed by atoms with Crippen LogP contribution < -0.4 is 11.3 Å². The molecule has 6 heteroatoms. The minimum absolute atomic E-state index is 0.270. The first-order valence-electron chi connectivity index (χ1n) is 6.38. The summed E-state index contributed by atoms with van der Waals surface area (Å²) in [5.41, 5.74) is 4.12. The number of hydrogen-bond acceptors (Lipinski definition) is 4. The Kier molecular flexibility index (Phi) is 5.11. The molecule has 20 heavy (non-hydrogen) atoms. The van der Waals surface area contributed by atoms with E-state index in [-0.39, 0.29) is 5.91 Å². The highest BCUT2D eigenvalue weighted by molar-refractivity contribution is 7.13. The number of thiazole rings is 1. The number of carbonyl (C=O) groups excluding carboxylic acids is 1. The van der Waals surface area contributed by atoms with Crippen molar-refractivity contribution in [2.45, 2.75) is 26.2 Å². The van der Waals surface area contributed by atoms with Gasteiger partial charge in [-0.25, -0.2) is 10.8 Å². The molecule has 2 aromatic rings. The van der Waals surface area contributed by atoms with Gasteiger partial charge in [0.05, 0.1) is 10.7 Å². The molecule has 1 aromatic heterocycles. The topological polar surface area (TPSA) is 68.0 Å². The smallest absolute Gasteiger partial charge is 0.277 e. The van der Waals surface area contributed by atoms with Crippen molar-refractivity contribution >= 4 is 28.8 Å². The second kappa shape index (κ2) is 6.83. The third kappa shape index (κ3) is 3.56. The fraction of sp³-hybridized carbons (Fsp3) is 0.286. The molecule has 0 saturated carbocycles. The zero-order valence-electron chi connectivity index (χ0n) is 11.1. The summed E-state index contributed by atoms with van der Waals surface area (Å²) in [4.78, 5) is 16.9. The number of hydrogen-bond donors (Lipinski definition) is 2. The molecule has 3 N–H and O–H groups in total. The Hall–Kier alpha value is -1.43. The van der Waals surface area contributed by atoms with Crippen molar-refractivity contribution in [2.75, 3.05) is 0 Å². The first-order valence-corrected chi connectivity index (χ1v) is 7.57. The number of amides is 1. The van der Waals surface area contributed by atoms with E-state index >= 15 is 0 Å². The minimum atomic E-state index is -0.270. The standard InChI is InChI=1S/C14H16ClN3OS/c1-2-3-11-13(14(19)18-16)20-12(17-11)8-9-4-6-10(15)7-5-9/h4-7H,2-3,8,16H2,1H3,(H,18,19). The van der Waals surface area contributed by atoms with E-state index in [1.54, 1.807) is 0 Å². The molecule has 0 saturated heterocycles. The lowest BCUT2D eigenvalue weighted by atomic mass is 10.1. The fourth-order valence-corrected chi connectivity index (χ4v) is 3.08. The average molecular weight is 310 g/mol. The molecule has 0 spiro atoms. The van der Waals surface area contributed by atoms with Gasteiger partial charge in [-0.1, -0.05) is 37.1 Å². The van der Waals surface area contributed by atoms with E-state index in [0.717, 1.165) is 29.1 Å². The van der Waals surface area contributed by atoms with Gasteiger partial charge in [0.25, 0.3) is 5.91 Å². The molecular formula is C14H16ClN3OS. The number of nitrogens with zero attached hydrogens (tertiary/aromatic N) is 1. The van der Waals surface area contributed by atoms with Crippen LogP contribution in [0.3, 0.4) is 0 Å². The SMILES string of the molecule is CCCc1nc(Cc2ccc(Cl)cc2)sc1C(=O)NN. The molecule has 0 fully saturated rings. The Labute approximate surface area is 126 Å². The summed E-state index contributed by atoms with van der Waals surface area (Å²) in [6.07, 6.45) is 2.41. The van der Waals surface area contributed by atoms with Crippen LogP contribution in [0.4, 0.5) is 0 Å². The quantitative estimate of drug-likeness (QED) is 0.507. The van der Waals surface area contributed by atoms with E-state index < -0.39 is 0 Å². The lowest BCUT2D eigenvalue weighted by molar-refractivity contribution is 0.0956. The summed E-state index contributed by atoms with van der Waals surface area (Å²) in [6, 6.07) is 7.63. The highest BCUT2D eigenvalue weighted by Crippen LogP contribution is 2.23. The van der Waals surface area contributed by atoms with Crippen molar-refractivity contribution in [3.05, 3.63) is 50.4 Å². The van der Waals surface area contributed by atoms with E-state index in [0.29, 0.717) is 16.3 Å². The largest absolute Gasteiger partial charge is 0.289 e. The third-order valence-corrected chi connectivity index (χ3v) is 4.18. The molecule has 0 radical (unpaired) electrons. The van der Waals surface area contributed by atoms with Crippen molar-refractivity contribution in [2.24, 2.45) is 5.84 Å². The minimum Gasteiger partial charge on any atom is -0.289 e. The van der Waals surface area contributed by atoms with Crippen molar-refractivity contribution in [1.29, 1.82) is 0 Å². The van der Waals surface area contributed by atoms with Crippen molar-refractivity contribution in [3.63, 3.8) is 0 Å². The summed E-state index contributed by atoms with van der Waals surface area (Å²) in [5, 5.41) is 1.62. The number of carbonyl (C=O) groups is 1. The van der Waals surface area contributed by atoms with Crippen LogP contribution in [-0.4, -0.2) is 10.9 Å². The number of nitrogens with one attached hydrogen (secondary N) is 1. The lowest BCUT2D eigenvalue weighted by Crippen LogP contribution is -2.30. The van der Waals surface area contributed by atoms with Crippen LogP contribution in [-0.2, 0) is 12.8 Å². The number of hydrazine groups is 1. The number of nitrogens with two attached hydrogens (primary N) is 1. The number of halogens is 1. The summed E-state index contributed by atoms with van der Waals surface area (Å²) < 4.78 is 0. The van der Waals surface area contributed by atoms with Gasteiger partial charge in [-0.05, 0) is 24.1 Å². The molecule has 1 amide bonds. The zero-order chi connectivity index (χ0) is 14.5. The van der Waals surface area contributed by atoms with E-state index in [9.17, 15) is 4.79 Å². The second-order valence-electron chi connectivity index (χ2n) is 4.41. The molecule has 1 heterocycles. The molecular weight excluding hydrogens is 294 g/mol. The molecule has 0 aliphatic heterocycles. The van der Waals surface area contributed by atoms with Gasteiger partial charge in [0, 0.05) is 11.4 Å². The number of rotatable bonds is 5. The van der Waals surface area contributed by atoms with Gasteiger partial charge < -0.3 is 0 Å². The molecule has 4 nitrogen and oxygen atoms in total. The zero-order valence-corrected chi connectivity index (χ0v) is 12.7. The number of nitrogen functional groups attached to an aromatic ring is 1. The van der Waals surface area contributed by atoms with Crippen LogP contribution in [0.2, 0.25) is 5.02 Å². The predicted molar refractivity (Wildman–Crippen MR) is 82.0 cm³/mol. The number of benzene rings is 1. The summed E-state index contributed by atoms with van der Waals surface area (Å²) >= 11 is 7.26. The fourth-order valence-electron chi connectivity index (χ4n) is 1.90. The maximum absolute atomic E-state index is 11.7. The maximum Gasteiger partial charge on any atom is 0.277 e. The highest BCUT2D eigenvalue weighted by Gasteiger charge is 2.16. The van der Waals surface area contributed by atoms with E-state index in [4.69, 9.17) is 17.4 Å². The van der Waals surface area contributed by atoms with Crippen molar-refractivity contribution in [3.8, 4) is 0 Å². The highest BCUT2D eigenvalue weighted by atomic mass is 35.5. The second-order valence-corrected chi connectivity index (χ2v) is 5.93. The number of aryl methyl sites for hydroxylation is 1. The van der Waals surface area contributed by atoms with Gasteiger partial charge >= 0.3 is 0 Å². The van der Waals surface area contributed by atoms with E-state index in [2.05, 4.69) is 17.3 Å². The van der Waals surface area contributed by atoms with Crippen LogP contribution in [0.1, 0.15) is 39.3 Å². The lowest BCUT2D eigenvalue weighted by Gasteiger charge is -1.97. The van der Waals surface area contributed by atoms with Gasteiger partial charge in [-0.2, -0.15) is 0 Å². The first-order chi connectivity index (χ1) is 9.63. The number of aromatic nitrogens is 1. The Morgan fingerprint density at radius 2 is 2.10 bits per heavy atom. The Morgan fingerprint density at radius 1 is 1.40 bits per heavy atom. The van der Waals surface area contributed by atoms with Crippen LogP contribution in [0.15, 0.2) is 24.3 Å². The van der Waals surface area contributed by atoms with Crippen molar-refractivity contribution < 1.29 is 4.79 Å². The molecule has 0 bridgehead atoms. The van der Waals surface area contributed by atoms with Gasteiger partial charge in [-0.3, -0.25) is 10.2 Å². The molecule has 0 atom stereocenters. The van der Waals surface area contributed by atoms with E-state index in [1.165, 1.54) is 11.3 Å². The average Bonchev–Trinajstić information content (AvgIpc) is 2.84. The summed E-state index contributed by atoms with van der Waals surface area (Å²) in [7, 11) is 0. The monoisotopic (exact) mass is 309 g/mol. The molecule has 0 unspecified atom stereocenters. The Morgan fingerprint density at radius 3 is 2.70 bits per heavy atom. The maximum atomic E-state index is 11.7. The summed E-state index contributed by atoms with van der Waals surface area (Å²) in [6.45, 7) is 2.06. The van der Waals surface area contributed by atoms with Crippen LogP contribution in [0, 0.1) is 0 Å². The molecule has 1 aromatic carbocycles. The molecule has 2 rings (SSSR count). The van der Waals surface area contributed by atoms with Crippen molar-refractivity contribution in [1.82, 2.24) is 10.4 Å². The van der Waals surface area contributed by atoms with Gasteiger partial charge in [-0.15, -0.1) is 11.3 Å². The van der Waals surface area contributed by atoms with E-state index in [1.807, 2.05) is 24.3 Å². The molecule has 0 aliphatic carbocycles. The summed E-state index contributed by atoms with van der Waals surface area (Å²) in [5.74, 6) is 4.94. The predicted octanol–water partition coefficient (Wildman–Crippen LogP) is 2.94. The van der Waals surface area contributed by atoms with Crippen LogP contribution in [0.25, 0.3) is 0 Å². The van der Waals surface area contributed by atoms with Gasteiger partial charge in [0.2, 0.25) is 0 Å². The Bertz CT molecular complexity index is 595. The first kappa shape index (κ1) is 15.0.